The van der Waals surface area contributed by atoms with Gasteiger partial charge in [-0.1, -0.05) is 48.6 Å². The van der Waals surface area contributed by atoms with Crippen LogP contribution in [0.3, 0.4) is 0 Å². The molecule has 0 aromatic heterocycles. The highest BCUT2D eigenvalue weighted by Gasteiger charge is 2.46. The third kappa shape index (κ3) is 2.23. The predicted molar refractivity (Wildman–Crippen MR) is 88.6 cm³/mol. The zero-order chi connectivity index (χ0) is 15.1. The Kier molecular flexibility index (Phi) is 3.27. The minimum atomic E-state index is -0.231. The molecular weight excluding hydrogens is 258 g/mol. The summed E-state index contributed by atoms with van der Waals surface area (Å²) in [4.78, 5) is 4.87. The smallest absolute Gasteiger partial charge is 0.195 e. The highest BCUT2D eigenvalue weighted by atomic mass is 16.5. The van der Waals surface area contributed by atoms with Crippen molar-refractivity contribution in [1.29, 1.82) is 0 Å². The van der Waals surface area contributed by atoms with Crippen LogP contribution in [0.15, 0.2) is 47.5 Å². The Labute approximate surface area is 127 Å². The molecule has 1 aliphatic heterocycles. The maximum Gasteiger partial charge on any atom is 0.195 e. The van der Waals surface area contributed by atoms with Crippen molar-refractivity contribution in [2.45, 2.75) is 38.6 Å². The standard InChI is InChI=1S/C19H23NO/c1-5-8-15-12-11-14-9-6-7-10-16(14)19(15,4)17-20-18(2,3)13-21-17/h5-12,15H,13H2,1-4H3/b8-5-. The fraction of sp³-hybridized carbons (Fsp3) is 0.421. The van der Waals surface area contributed by atoms with Gasteiger partial charge >= 0.3 is 0 Å². The molecule has 1 aromatic rings. The van der Waals surface area contributed by atoms with Crippen molar-refractivity contribution < 1.29 is 4.74 Å². The van der Waals surface area contributed by atoms with Gasteiger partial charge in [0, 0.05) is 5.92 Å². The first-order valence-corrected chi connectivity index (χ1v) is 7.61. The molecular formula is C19H23NO. The molecule has 2 atom stereocenters. The van der Waals surface area contributed by atoms with Crippen LogP contribution in [-0.2, 0) is 10.2 Å². The second kappa shape index (κ2) is 4.87. The fourth-order valence-electron chi connectivity index (χ4n) is 3.27. The van der Waals surface area contributed by atoms with E-state index in [1.807, 2.05) is 0 Å². The molecule has 1 heterocycles. The summed E-state index contributed by atoms with van der Waals surface area (Å²) in [7, 11) is 0. The summed E-state index contributed by atoms with van der Waals surface area (Å²) in [6.45, 7) is 9.22. The molecule has 2 heteroatoms. The van der Waals surface area contributed by atoms with Gasteiger partial charge in [-0.25, -0.2) is 4.99 Å². The van der Waals surface area contributed by atoms with Crippen LogP contribution in [0.5, 0.6) is 0 Å². The molecule has 0 spiro atoms. The van der Waals surface area contributed by atoms with E-state index in [0.29, 0.717) is 6.61 Å². The predicted octanol–water partition coefficient (Wildman–Crippen LogP) is 4.37. The number of aliphatic imine (C=N–C) groups is 1. The highest BCUT2D eigenvalue weighted by molar-refractivity contribution is 5.92. The van der Waals surface area contributed by atoms with Crippen LogP contribution in [0.4, 0.5) is 0 Å². The molecule has 0 bridgehead atoms. The van der Waals surface area contributed by atoms with Crippen LogP contribution < -0.4 is 0 Å². The van der Waals surface area contributed by atoms with Gasteiger partial charge in [-0.2, -0.15) is 0 Å². The second-order valence-electron chi connectivity index (χ2n) is 6.72. The van der Waals surface area contributed by atoms with Gasteiger partial charge in [-0.05, 0) is 38.8 Å². The molecule has 2 aliphatic rings. The molecule has 0 saturated carbocycles. The summed E-state index contributed by atoms with van der Waals surface area (Å²) in [6.07, 6.45) is 8.83. The highest BCUT2D eigenvalue weighted by Crippen LogP contribution is 2.44. The van der Waals surface area contributed by atoms with Crippen molar-refractivity contribution in [3.05, 3.63) is 53.6 Å². The summed E-state index contributed by atoms with van der Waals surface area (Å²) in [5.74, 6) is 1.14. The lowest BCUT2D eigenvalue weighted by atomic mass is 9.67. The number of fused-ring (bicyclic) bond motifs is 1. The summed E-state index contributed by atoms with van der Waals surface area (Å²) in [6, 6.07) is 8.55. The van der Waals surface area contributed by atoms with E-state index in [1.54, 1.807) is 0 Å². The first kappa shape index (κ1) is 14.1. The molecule has 0 amide bonds. The van der Waals surface area contributed by atoms with Crippen molar-refractivity contribution in [2.75, 3.05) is 6.61 Å². The van der Waals surface area contributed by atoms with Gasteiger partial charge in [0.05, 0.1) is 11.0 Å². The van der Waals surface area contributed by atoms with Crippen LogP contribution >= 0.6 is 0 Å². The molecule has 0 fully saturated rings. The number of allylic oxidation sites excluding steroid dienone is 3. The number of rotatable bonds is 2. The molecule has 0 N–H and O–H groups in total. The molecule has 1 aromatic carbocycles. The Hall–Kier alpha value is -1.83. The van der Waals surface area contributed by atoms with Gasteiger partial charge in [-0.15, -0.1) is 0 Å². The second-order valence-corrected chi connectivity index (χ2v) is 6.72. The molecule has 1 aliphatic carbocycles. The van der Waals surface area contributed by atoms with Gasteiger partial charge in [0.1, 0.15) is 6.61 Å². The molecule has 2 unspecified atom stereocenters. The number of hydrogen-bond donors (Lipinski definition) is 0. The zero-order valence-electron chi connectivity index (χ0n) is 13.3. The minimum absolute atomic E-state index is 0.130. The normalized spacial score (nSPS) is 30.1. The monoisotopic (exact) mass is 281 g/mol. The average Bonchev–Trinajstić information content (AvgIpc) is 2.83. The summed E-state index contributed by atoms with van der Waals surface area (Å²) in [5, 5.41) is 0. The van der Waals surface area contributed by atoms with Crippen molar-refractivity contribution in [3.63, 3.8) is 0 Å². The molecule has 110 valence electrons. The number of hydrogen-bond acceptors (Lipinski definition) is 2. The zero-order valence-corrected chi connectivity index (χ0v) is 13.3. The van der Waals surface area contributed by atoms with Crippen LogP contribution in [0.1, 0.15) is 38.8 Å². The lowest BCUT2D eigenvalue weighted by Gasteiger charge is -2.38. The fourth-order valence-corrected chi connectivity index (χ4v) is 3.27. The van der Waals surface area contributed by atoms with Gasteiger partial charge in [-0.3, -0.25) is 0 Å². The van der Waals surface area contributed by atoms with E-state index >= 15 is 0 Å². The van der Waals surface area contributed by atoms with Crippen molar-refractivity contribution >= 4 is 12.0 Å². The first-order chi connectivity index (χ1) is 9.97. The van der Waals surface area contributed by atoms with Crippen molar-refractivity contribution in [3.8, 4) is 0 Å². The first-order valence-electron chi connectivity index (χ1n) is 7.61. The van der Waals surface area contributed by atoms with Crippen molar-refractivity contribution in [2.24, 2.45) is 10.9 Å². The number of ether oxygens (including phenoxy) is 1. The van der Waals surface area contributed by atoms with Crippen LogP contribution in [0.25, 0.3) is 6.08 Å². The topological polar surface area (TPSA) is 21.6 Å². The van der Waals surface area contributed by atoms with E-state index in [9.17, 15) is 0 Å². The molecule has 2 nitrogen and oxygen atoms in total. The lowest BCUT2D eigenvalue weighted by Crippen LogP contribution is -2.41. The summed E-state index contributed by atoms with van der Waals surface area (Å²) >= 11 is 0. The van der Waals surface area contributed by atoms with Gasteiger partial charge in [0.25, 0.3) is 0 Å². The van der Waals surface area contributed by atoms with Crippen LogP contribution in [-0.4, -0.2) is 18.0 Å². The molecule has 0 radical (unpaired) electrons. The van der Waals surface area contributed by atoms with Gasteiger partial charge < -0.3 is 4.74 Å². The molecule has 0 saturated heterocycles. The Morgan fingerprint density at radius 2 is 2.00 bits per heavy atom. The van der Waals surface area contributed by atoms with E-state index in [2.05, 4.69) is 76.3 Å². The largest absolute Gasteiger partial charge is 0.478 e. The molecule has 21 heavy (non-hydrogen) atoms. The minimum Gasteiger partial charge on any atom is -0.478 e. The lowest BCUT2D eigenvalue weighted by molar-refractivity contribution is 0.255. The van der Waals surface area contributed by atoms with E-state index in [-0.39, 0.29) is 16.9 Å². The third-order valence-corrected chi connectivity index (χ3v) is 4.48. The third-order valence-electron chi connectivity index (χ3n) is 4.48. The Bertz CT molecular complexity index is 639. The van der Waals surface area contributed by atoms with Crippen molar-refractivity contribution in [1.82, 2.24) is 0 Å². The van der Waals surface area contributed by atoms with E-state index < -0.39 is 0 Å². The summed E-state index contributed by atoms with van der Waals surface area (Å²) < 4.78 is 6.03. The van der Waals surface area contributed by atoms with E-state index in [1.165, 1.54) is 11.1 Å². The Morgan fingerprint density at radius 3 is 2.67 bits per heavy atom. The summed E-state index contributed by atoms with van der Waals surface area (Å²) in [5.41, 5.74) is 2.20. The van der Waals surface area contributed by atoms with Gasteiger partial charge in [0.15, 0.2) is 5.90 Å². The Morgan fingerprint density at radius 1 is 1.24 bits per heavy atom. The van der Waals surface area contributed by atoms with Crippen LogP contribution in [0.2, 0.25) is 0 Å². The SMILES string of the molecule is C/C=C\C1C=Cc2ccccc2C1(C)C1=NC(C)(C)CO1. The van der Waals surface area contributed by atoms with Gasteiger partial charge in [0.2, 0.25) is 0 Å². The number of nitrogens with zero attached hydrogens (tertiary/aromatic N) is 1. The quantitative estimate of drug-likeness (QED) is 0.738. The van der Waals surface area contributed by atoms with E-state index in [0.717, 1.165) is 5.90 Å². The average molecular weight is 281 g/mol. The van der Waals surface area contributed by atoms with Crippen LogP contribution in [0, 0.1) is 5.92 Å². The molecule has 3 rings (SSSR count). The Balaban J connectivity index is 2.17. The van der Waals surface area contributed by atoms with E-state index in [4.69, 9.17) is 9.73 Å². The maximum atomic E-state index is 6.03. The number of benzene rings is 1. The maximum absolute atomic E-state index is 6.03.